The maximum Gasteiger partial charge on any atom is 0.260 e. The van der Waals surface area contributed by atoms with E-state index in [2.05, 4.69) is 9.98 Å². The predicted octanol–water partition coefficient (Wildman–Crippen LogP) is 2.01. The molecule has 0 spiro atoms. The Balaban J connectivity index is 2.18. The van der Waals surface area contributed by atoms with Crippen LogP contribution in [0.1, 0.15) is 16.8 Å². The van der Waals surface area contributed by atoms with Crippen LogP contribution in [0.3, 0.4) is 0 Å². The van der Waals surface area contributed by atoms with E-state index >= 15 is 0 Å². The van der Waals surface area contributed by atoms with E-state index in [0.29, 0.717) is 12.2 Å². The molecule has 4 nitrogen and oxygen atoms in total. The number of rotatable bonds is 3. The third-order valence-electron chi connectivity index (χ3n) is 2.52. The van der Waals surface area contributed by atoms with Crippen molar-refractivity contribution < 1.29 is 5.11 Å². The van der Waals surface area contributed by atoms with Crippen molar-refractivity contribution in [3.63, 3.8) is 0 Å². The second kappa shape index (κ2) is 5.31. The zero-order valence-corrected chi connectivity index (χ0v) is 10.1. The number of nitrogens with one attached hydrogen (secondary N) is 1. The van der Waals surface area contributed by atoms with E-state index < -0.39 is 0 Å². The fourth-order valence-corrected chi connectivity index (χ4v) is 1.63. The summed E-state index contributed by atoms with van der Waals surface area (Å²) in [7, 11) is 0. The lowest BCUT2D eigenvalue weighted by Gasteiger charge is -1.99. The van der Waals surface area contributed by atoms with Crippen molar-refractivity contribution in [3.8, 4) is 5.75 Å². The van der Waals surface area contributed by atoms with E-state index in [4.69, 9.17) is 0 Å². The van der Waals surface area contributed by atoms with Crippen molar-refractivity contribution in [1.29, 1.82) is 0 Å². The lowest BCUT2D eigenvalue weighted by molar-refractivity contribution is 0.472. The Labute approximate surface area is 105 Å². The number of aromatic hydroxyl groups is 1. The van der Waals surface area contributed by atoms with Crippen LogP contribution < -0.4 is 5.56 Å². The van der Waals surface area contributed by atoms with E-state index in [1.54, 1.807) is 6.92 Å². The third kappa shape index (κ3) is 2.85. The van der Waals surface area contributed by atoms with E-state index in [1.165, 1.54) is 12.3 Å². The molecule has 0 amide bonds. The van der Waals surface area contributed by atoms with Crippen LogP contribution >= 0.6 is 0 Å². The molecule has 0 aliphatic rings. The summed E-state index contributed by atoms with van der Waals surface area (Å²) in [6, 6.07) is 11.2. The summed E-state index contributed by atoms with van der Waals surface area (Å²) < 4.78 is 0. The summed E-state index contributed by atoms with van der Waals surface area (Å²) >= 11 is 0. The molecule has 1 heterocycles. The standard InChI is InChI=1S/C14H14N2O2/c1-10-7-13(17)12(14(18)16-10)9-15-8-11-5-3-2-4-6-11/h2-7,9H,8H2,1H3,(H2,16,17,18). The second-order valence-electron chi connectivity index (χ2n) is 4.04. The van der Waals surface area contributed by atoms with Gasteiger partial charge in [-0.2, -0.15) is 0 Å². The molecule has 0 fully saturated rings. The van der Waals surface area contributed by atoms with Gasteiger partial charge in [-0.3, -0.25) is 9.79 Å². The molecule has 1 aromatic carbocycles. The topological polar surface area (TPSA) is 65.5 Å². The number of aryl methyl sites for hydroxylation is 1. The average molecular weight is 242 g/mol. The number of H-pyrrole nitrogens is 1. The van der Waals surface area contributed by atoms with Crippen molar-refractivity contribution in [3.05, 3.63) is 63.6 Å². The van der Waals surface area contributed by atoms with Crippen LogP contribution in [0.15, 0.2) is 46.2 Å². The number of aliphatic imine (C=N–C) groups is 1. The van der Waals surface area contributed by atoms with Gasteiger partial charge in [0.15, 0.2) is 0 Å². The van der Waals surface area contributed by atoms with Gasteiger partial charge in [0, 0.05) is 11.9 Å². The Morgan fingerprint density at radius 3 is 2.72 bits per heavy atom. The van der Waals surface area contributed by atoms with Crippen molar-refractivity contribution in [2.45, 2.75) is 13.5 Å². The molecule has 0 radical (unpaired) electrons. The molecule has 2 N–H and O–H groups in total. The Morgan fingerprint density at radius 2 is 2.06 bits per heavy atom. The maximum absolute atomic E-state index is 11.6. The minimum Gasteiger partial charge on any atom is -0.507 e. The van der Waals surface area contributed by atoms with Crippen LogP contribution in [-0.4, -0.2) is 16.3 Å². The SMILES string of the molecule is Cc1cc(O)c(C=NCc2ccccc2)c(=O)[nH]1. The molecule has 0 unspecified atom stereocenters. The molecular weight excluding hydrogens is 228 g/mol. The number of hydrogen-bond donors (Lipinski definition) is 2. The highest BCUT2D eigenvalue weighted by Crippen LogP contribution is 2.10. The third-order valence-corrected chi connectivity index (χ3v) is 2.52. The normalized spacial score (nSPS) is 10.9. The van der Waals surface area contributed by atoms with Gasteiger partial charge in [0.25, 0.3) is 5.56 Å². The van der Waals surface area contributed by atoms with Crippen LogP contribution in [0.2, 0.25) is 0 Å². The summed E-state index contributed by atoms with van der Waals surface area (Å²) in [6.45, 7) is 2.19. The molecule has 0 saturated heterocycles. The second-order valence-corrected chi connectivity index (χ2v) is 4.04. The summed E-state index contributed by atoms with van der Waals surface area (Å²) in [5.74, 6) is -0.0481. The van der Waals surface area contributed by atoms with Gasteiger partial charge in [-0.15, -0.1) is 0 Å². The summed E-state index contributed by atoms with van der Waals surface area (Å²) in [5.41, 5.74) is 1.54. The van der Waals surface area contributed by atoms with E-state index in [0.717, 1.165) is 5.56 Å². The molecule has 1 aromatic heterocycles. The van der Waals surface area contributed by atoms with Crippen molar-refractivity contribution in [2.24, 2.45) is 4.99 Å². The molecule has 0 atom stereocenters. The van der Waals surface area contributed by atoms with Crippen molar-refractivity contribution >= 4 is 6.21 Å². The number of pyridine rings is 1. The van der Waals surface area contributed by atoms with Crippen LogP contribution in [0, 0.1) is 6.92 Å². The van der Waals surface area contributed by atoms with Gasteiger partial charge >= 0.3 is 0 Å². The fraction of sp³-hybridized carbons (Fsp3) is 0.143. The van der Waals surface area contributed by atoms with Crippen LogP contribution in [0.5, 0.6) is 5.75 Å². The number of aromatic amines is 1. The molecule has 4 heteroatoms. The Morgan fingerprint density at radius 1 is 1.33 bits per heavy atom. The van der Waals surface area contributed by atoms with Gasteiger partial charge in [0.2, 0.25) is 0 Å². The highest BCUT2D eigenvalue weighted by atomic mass is 16.3. The fourth-order valence-electron chi connectivity index (χ4n) is 1.63. The zero-order chi connectivity index (χ0) is 13.0. The van der Waals surface area contributed by atoms with Crippen LogP contribution in [0.4, 0.5) is 0 Å². The summed E-state index contributed by atoms with van der Waals surface area (Å²) in [4.78, 5) is 18.4. The van der Waals surface area contributed by atoms with Crippen LogP contribution in [-0.2, 0) is 6.54 Å². The van der Waals surface area contributed by atoms with Crippen molar-refractivity contribution in [1.82, 2.24) is 4.98 Å². The smallest absolute Gasteiger partial charge is 0.260 e. The highest BCUT2D eigenvalue weighted by molar-refractivity contribution is 5.82. The van der Waals surface area contributed by atoms with Gasteiger partial charge in [-0.05, 0) is 18.6 Å². The van der Waals surface area contributed by atoms with Gasteiger partial charge < -0.3 is 10.1 Å². The van der Waals surface area contributed by atoms with Gasteiger partial charge in [-0.1, -0.05) is 30.3 Å². The molecule has 2 aromatic rings. The Bertz CT molecular complexity index is 615. The number of nitrogens with zero attached hydrogens (tertiary/aromatic N) is 1. The minimum atomic E-state index is -0.329. The lowest BCUT2D eigenvalue weighted by Crippen LogP contribution is -2.13. The quantitative estimate of drug-likeness (QED) is 0.808. The predicted molar refractivity (Wildman–Crippen MR) is 71.2 cm³/mol. The first-order chi connectivity index (χ1) is 8.66. The maximum atomic E-state index is 11.6. The largest absolute Gasteiger partial charge is 0.507 e. The molecule has 0 aliphatic carbocycles. The molecule has 0 saturated carbocycles. The molecule has 92 valence electrons. The first-order valence-corrected chi connectivity index (χ1v) is 5.63. The van der Waals surface area contributed by atoms with E-state index in [9.17, 15) is 9.90 Å². The summed E-state index contributed by atoms with van der Waals surface area (Å²) in [5, 5.41) is 9.66. The van der Waals surface area contributed by atoms with Gasteiger partial charge in [0.05, 0.1) is 12.1 Å². The first-order valence-electron chi connectivity index (χ1n) is 5.63. The van der Waals surface area contributed by atoms with E-state index in [1.807, 2.05) is 30.3 Å². The molecule has 2 rings (SSSR count). The Kier molecular flexibility index (Phi) is 3.57. The number of aromatic nitrogens is 1. The van der Waals surface area contributed by atoms with Crippen LogP contribution in [0.25, 0.3) is 0 Å². The minimum absolute atomic E-state index is 0.0481. The zero-order valence-electron chi connectivity index (χ0n) is 10.1. The monoisotopic (exact) mass is 242 g/mol. The molecule has 0 bridgehead atoms. The van der Waals surface area contributed by atoms with Gasteiger partial charge in [-0.25, -0.2) is 0 Å². The highest BCUT2D eigenvalue weighted by Gasteiger charge is 2.04. The Hall–Kier alpha value is -2.36. The number of benzene rings is 1. The molecule has 0 aliphatic heterocycles. The molecular formula is C14H14N2O2. The van der Waals surface area contributed by atoms with Crippen molar-refractivity contribution in [2.75, 3.05) is 0 Å². The lowest BCUT2D eigenvalue weighted by atomic mass is 10.2. The number of hydrogen-bond acceptors (Lipinski definition) is 3. The first kappa shape index (κ1) is 12.1. The molecule has 18 heavy (non-hydrogen) atoms. The van der Waals surface area contributed by atoms with E-state index in [-0.39, 0.29) is 16.9 Å². The van der Waals surface area contributed by atoms with Gasteiger partial charge in [0.1, 0.15) is 5.75 Å². The average Bonchev–Trinajstić information content (AvgIpc) is 2.34. The summed E-state index contributed by atoms with van der Waals surface area (Å²) in [6.07, 6.45) is 1.40.